The lowest BCUT2D eigenvalue weighted by Gasteiger charge is -2.09. The smallest absolute Gasteiger partial charge is 0.330 e. The molecule has 0 saturated carbocycles. The van der Waals surface area contributed by atoms with Crippen LogP contribution < -0.4 is 9.47 Å². The zero-order valence-electron chi connectivity index (χ0n) is 12.9. The molecule has 0 amide bonds. The first-order chi connectivity index (χ1) is 10.9. The first kappa shape index (κ1) is 18.4. The van der Waals surface area contributed by atoms with Gasteiger partial charge >= 0.3 is 17.9 Å². The Bertz CT molecular complexity index is 604. The van der Waals surface area contributed by atoms with Gasteiger partial charge in [0.15, 0.2) is 11.5 Å². The molecule has 0 atom stereocenters. The molecule has 1 rings (SSSR count). The van der Waals surface area contributed by atoms with Crippen molar-refractivity contribution in [1.82, 2.24) is 0 Å². The van der Waals surface area contributed by atoms with Crippen LogP contribution in [0.1, 0.15) is 25.8 Å². The van der Waals surface area contributed by atoms with E-state index in [0.29, 0.717) is 12.0 Å². The molecule has 0 aliphatic heterocycles. The fourth-order valence-corrected chi connectivity index (χ4v) is 1.55. The number of rotatable bonds is 7. The second-order valence-electron chi connectivity index (χ2n) is 4.47. The van der Waals surface area contributed by atoms with E-state index in [-0.39, 0.29) is 24.7 Å². The van der Waals surface area contributed by atoms with Crippen LogP contribution in [0.15, 0.2) is 24.3 Å². The monoisotopic (exact) mass is 322 g/mol. The maximum Gasteiger partial charge on any atom is 0.330 e. The van der Waals surface area contributed by atoms with E-state index in [1.807, 2.05) is 0 Å². The molecule has 0 aromatic heterocycles. The van der Waals surface area contributed by atoms with Crippen molar-refractivity contribution in [3.63, 3.8) is 0 Å². The van der Waals surface area contributed by atoms with Gasteiger partial charge in [0.1, 0.15) is 0 Å². The van der Waals surface area contributed by atoms with E-state index in [1.165, 1.54) is 38.1 Å². The summed E-state index contributed by atoms with van der Waals surface area (Å²) in [6, 6.07) is 4.50. The summed E-state index contributed by atoms with van der Waals surface area (Å²) in [6.45, 7) is 2.52. The van der Waals surface area contributed by atoms with Gasteiger partial charge in [-0.1, -0.05) is 6.07 Å². The highest BCUT2D eigenvalue weighted by molar-refractivity contribution is 5.87. The molecule has 23 heavy (non-hydrogen) atoms. The maximum absolute atomic E-state index is 11.4. The van der Waals surface area contributed by atoms with Crippen LogP contribution >= 0.6 is 0 Å². The highest BCUT2D eigenvalue weighted by atomic mass is 16.6. The molecule has 0 saturated heterocycles. The molecule has 7 heteroatoms. The zero-order chi connectivity index (χ0) is 17.2. The molecule has 0 radical (unpaired) electrons. The lowest BCUT2D eigenvalue weighted by atomic mass is 10.2. The third-order valence-corrected chi connectivity index (χ3v) is 2.43. The number of aliphatic hydroxyl groups excluding tert-OH is 1. The maximum atomic E-state index is 11.4. The van der Waals surface area contributed by atoms with Crippen molar-refractivity contribution in [2.24, 2.45) is 0 Å². The number of hydrogen-bond donors (Lipinski definition) is 1. The third-order valence-electron chi connectivity index (χ3n) is 2.43. The molecule has 0 spiro atoms. The number of carbonyl (C=O) groups excluding carboxylic acids is 3. The lowest BCUT2D eigenvalue weighted by molar-refractivity contribution is -0.138. The molecule has 0 bridgehead atoms. The van der Waals surface area contributed by atoms with Crippen molar-refractivity contribution in [3.8, 4) is 11.5 Å². The van der Waals surface area contributed by atoms with E-state index < -0.39 is 17.9 Å². The molecular formula is C16H18O7. The first-order valence-electron chi connectivity index (χ1n) is 6.89. The number of esters is 3. The zero-order valence-corrected chi connectivity index (χ0v) is 12.9. The normalized spacial score (nSPS) is 10.4. The predicted octanol–water partition coefficient (Wildman–Crippen LogP) is 1.48. The summed E-state index contributed by atoms with van der Waals surface area (Å²) in [7, 11) is 0. The fourth-order valence-electron chi connectivity index (χ4n) is 1.55. The molecular weight excluding hydrogens is 304 g/mol. The quantitative estimate of drug-likeness (QED) is 0.351. The Labute approximate surface area is 133 Å². The Morgan fingerprint density at radius 3 is 2.35 bits per heavy atom. The largest absolute Gasteiger partial charge is 0.462 e. The third kappa shape index (κ3) is 7.23. The number of carbonyl (C=O) groups is 3. The van der Waals surface area contributed by atoms with Gasteiger partial charge in [-0.25, -0.2) is 4.79 Å². The average Bonchev–Trinajstić information content (AvgIpc) is 2.46. The number of aliphatic hydroxyl groups is 1. The first-order valence-corrected chi connectivity index (χ1v) is 6.89. The Morgan fingerprint density at radius 2 is 1.74 bits per heavy atom. The summed E-state index contributed by atoms with van der Waals surface area (Å²) in [5.41, 5.74) is 0.552. The van der Waals surface area contributed by atoms with Gasteiger partial charge in [0.05, 0.1) is 6.61 Å². The summed E-state index contributed by atoms with van der Waals surface area (Å²) in [5, 5.41) is 8.59. The topological polar surface area (TPSA) is 99.1 Å². The van der Waals surface area contributed by atoms with E-state index >= 15 is 0 Å². The Kier molecular flexibility index (Phi) is 7.49. The van der Waals surface area contributed by atoms with Crippen molar-refractivity contribution < 1.29 is 33.7 Å². The summed E-state index contributed by atoms with van der Waals surface area (Å²) in [4.78, 5) is 33.5. The van der Waals surface area contributed by atoms with Gasteiger partial charge in [-0.15, -0.1) is 0 Å². The summed E-state index contributed by atoms with van der Waals surface area (Å²) in [6.07, 6.45) is 3.04. The molecule has 1 aromatic carbocycles. The van der Waals surface area contributed by atoms with Gasteiger partial charge in [0, 0.05) is 33.0 Å². The summed E-state index contributed by atoms with van der Waals surface area (Å²) in [5.74, 6) is -1.49. The minimum Gasteiger partial charge on any atom is -0.462 e. The van der Waals surface area contributed by atoms with Crippen LogP contribution in [0.4, 0.5) is 0 Å². The molecule has 0 heterocycles. The molecule has 0 fully saturated rings. The van der Waals surface area contributed by atoms with E-state index in [2.05, 4.69) is 0 Å². The van der Waals surface area contributed by atoms with E-state index in [1.54, 1.807) is 6.07 Å². The van der Waals surface area contributed by atoms with Gasteiger partial charge in [-0.2, -0.15) is 0 Å². The van der Waals surface area contributed by atoms with Crippen LogP contribution in [0.2, 0.25) is 0 Å². The van der Waals surface area contributed by atoms with Crippen LogP contribution in [0, 0.1) is 0 Å². The number of ether oxygens (including phenoxy) is 3. The minimum atomic E-state index is -0.567. The average molecular weight is 322 g/mol. The molecule has 124 valence electrons. The van der Waals surface area contributed by atoms with Crippen LogP contribution in [-0.4, -0.2) is 36.2 Å². The van der Waals surface area contributed by atoms with E-state index in [4.69, 9.17) is 19.3 Å². The molecule has 7 nitrogen and oxygen atoms in total. The number of benzene rings is 1. The summed E-state index contributed by atoms with van der Waals surface area (Å²) >= 11 is 0. The molecule has 0 aliphatic rings. The van der Waals surface area contributed by atoms with Crippen molar-refractivity contribution >= 4 is 24.0 Å². The van der Waals surface area contributed by atoms with Crippen LogP contribution in [0.5, 0.6) is 11.5 Å². The second-order valence-corrected chi connectivity index (χ2v) is 4.47. The van der Waals surface area contributed by atoms with Gasteiger partial charge in [-0.3, -0.25) is 9.59 Å². The van der Waals surface area contributed by atoms with E-state index in [9.17, 15) is 14.4 Å². The van der Waals surface area contributed by atoms with Crippen molar-refractivity contribution in [1.29, 1.82) is 0 Å². The van der Waals surface area contributed by atoms with Gasteiger partial charge in [0.2, 0.25) is 0 Å². The lowest BCUT2D eigenvalue weighted by Crippen LogP contribution is -2.07. The van der Waals surface area contributed by atoms with Gasteiger partial charge < -0.3 is 19.3 Å². The van der Waals surface area contributed by atoms with Crippen molar-refractivity contribution in [2.45, 2.75) is 20.3 Å². The molecule has 1 aromatic rings. The molecule has 0 unspecified atom stereocenters. The van der Waals surface area contributed by atoms with E-state index in [0.717, 1.165) is 0 Å². The summed E-state index contributed by atoms with van der Waals surface area (Å²) < 4.78 is 14.8. The standard InChI is InChI=1S/C16H18O7/c1-11(18)22-14-6-4-13(10-15(14)23-12(2)19)5-7-16(20)21-9-3-8-17/h4-7,10,17H,3,8-9H2,1-2H3/b7-5+. The second kappa shape index (κ2) is 9.37. The van der Waals surface area contributed by atoms with Crippen LogP contribution in [-0.2, 0) is 19.1 Å². The fraction of sp³-hybridized carbons (Fsp3) is 0.312. The Morgan fingerprint density at radius 1 is 1.09 bits per heavy atom. The van der Waals surface area contributed by atoms with Gasteiger partial charge in [-0.05, 0) is 23.8 Å². The van der Waals surface area contributed by atoms with Gasteiger partial charge in [0.25, 0.3) is 0 Å². The number of hydrogen-bond acceptors (Lipinski definition) is 7. The molecule has 1 N–H and O–H groups in total. The predicted molar refractivity (Wildman–Crippen MR) is 80.8 cm³/mol. The molecule has 0 aliphatic carbocycles. The van der Waals surface area contributed by atoms with Crippen molar-refractivity contribution in [3.05, 3.63) is 29.8 Å². The van der Waals surface area contributed by atoms with Crippen LogP contribution in [0.25, 0.3) is 6.08 Å². The SMILES string of the molecule is CC(=O)Oc1ccc(/C=C/C(=O)OCCCO)cc1OC(C)=O. The van der Waals surface area contributed by atoms with Crippen LogP contribution in [0.3, 0.4) is 0 Å². The highest BCUT2D eigenvalue weighted by Gasteiger charge is 2.10. The Balaban J connectivity index is 2.85. The highest BCUT2D eigenvalue weighted by Crippen LogP contribution is 2.29. The minimum absolute atomic E-state index is 0.0552. The van der Waals surface area contributed by atoms with Crippen molar-refractivity contribution in [2.75, 3.05) is 13.2 Å². The Hall–Kier alpha value is -2.67.